The minimum atomic E-state index is -0.775. The number of nitro groups is 1. The summed E-state index contributed by atoms with van der Waals surface area (Å²) in [5.74, 6) is -1.34. The monoisotopic (exact) mass is 441 g/mol. The fourth-order valence-electron chi connectivity index (χ4n) is 2.03. The second-order valence-corrected chi connectivity index (χ2v) is 7.66. The van der Waals surface area contributed by atoms with Gasteiger partial charge in [-0.15, -0.1) is 11.8 Å². The molecule has 0 N–H and O–H groups in total. The molecule has 0 saturated heterocycles. The normalized spacial score (nSPS) is 11.5. The molecule has 146 valence electrons. The van der Waals surface area contributed by atoms with Gasteiger partial charge in [-0.05, 0) is 18.4 Å². The van der Waals surface area contributed by atoms with Crippen LogP contribution in [0.3, 0.4) is 0 Å². The summed E-state index contributed by atoms with van der Waals surface area (Å²) in [4.78, 5) is 26.7. The predicted octanol–water partition coefficient (Wildman–Crippen LogP) is 4.74. The van der Waals surface area contributed by atoms with E-state index in [-0.39, 0.29) is 38.8 Å². The van der Waals surface area contributed by atoms with E-state index in [1.807, 2.05) is 6.07 Å². The lowest BCUT2D eigenvalue weighted by Gasteiger charge is -2.09. The van der Waals surface area contributed by atoms with Gasteiger partial charge in [-0.1, -0.05) is 11.6 Å². The first kappa shape index (κ1) is 21.9. The van der Waals surface area contributed by atoms with Gasteiger partial charge in [0.25, 0.3) is 5.69 Å². The molecule has 0 amide bonds. The van der Waals surface area contributed by atoms with Crippen molar-refractivity contribution in [3.8, 4) is 17.7 Å². The van der Waals surface area contributed by atoms with Crippen molar-refractivity contribution in [3.05, 3.63) is 51.4 Å². The number of nitrogens with zero attached hydrogens (tertiary/aromatic N) is 3. The minimum Gasteiger partial charge on any atom is -0.437 e. The highest BCUT2D eigenvalue weighted by Crippen LogP contribution is 2.35. The van der Waals surface area contributed by atoms with Crippen molar-refractivity contribution in [2.45, 2.75) is 4.90 Å². The molecule has 1 aromatic heterocycles. The summed E-state index contributed by atoms with van der Waals surface area (Å²) in [5, 5.41) is 20.3. The Morgan fingerprint density at radius 2 is 2.25 bits per heavy atom. The van der Waals surface area contributed by atoms with Crippen molar-refractivity contribution >= 4 is 46.6 Å². The van der Waals surface area contributed by atoms with E-state index in [0.29, 0.717) is 5.75 Å². The number of hydrogen-bond donors (Lipinski definition) is 0. The lowest BCUT2D eigenvalue weighted by Crippen LogP contribution is -2.17. The fourth-order valence-corrected chi connectivity index (χ4v) is 3.81. The molecular weight excluding hydrogens is 429 g/mol. The van der Waals surface area contributed by atoms with Gasteiger partial charge < -0.3 is 4.74 Å². The Morgan fingerprint density at radius 3 is 2.86 bits per heavy atom. The van der Waals surface area contributed by atoms with Gasteiger partial charge in [0, 0.05) is 17.9 Å². The molecule has 0 spiro atoms. The third-order valence-corrected chi connectivity index (χ3v) is 5.37. The number of ether oxygens (including phenoxy) is 1. The van der Waals surface area contributed by atoms with Crippen LogP contribution in [0.4, 0.5) is 10.1 Å². The second-order valence-electron chi connectivity index (χ2n) is 5.32. The van der Waals surface area contributed by atoms with E-state index in [2.05, 4.69) is 4.98 Å². The first-order valence-corrected chi connectivity index (χ1v) is 10.4. The molecule has 0 radical (unpaired) electrons. The van der Waals surface area contributed by atoms with Crippen LogP contribution in [0, 0.1) is 33.2 Å². The standard InChI is InChI=1S/C17H13ClFN3O4S2/c1-27-8-10(6-20)15(23)9-28-16-5-12(2-3-14(16)22(24)25)26-17-13(18)4-11(19)7-21-17/h2-5,7,10H,8-9H2,1H3. The Kier molecular flexibility index (Phi) is 8.04. The maximum atomic E-state index is 13.1. The second kappa shape index (κ2) is 10.3. The number of carbonyl (C=O) groups is 1. The third kappa shape index (κ3) is 5.82. The van der Waals surface area contributed by atoms with E-state index in [0.717, 1.165) is 24.0 Å². The lowest BCUT2D eigenvalue weighted by atomic mass is 10.1. The maximum Gasteiger partial charge on any atom is 0.283 e. The Hall–Kier alpha value is -2.35. The molecule has 2 rings (SSSR count). The van der Waals surface area contributed by atoms with Crippen molar-refractivity contribution in [1.82, 2.24) is 4.98 Å². The Labute approximate surface area is 173 Å². The average Bonchev–Trinajstić information content (AvgIpc) is 2.66. The van der Waals surface area contributed by atoms with Gasteiger partial charge in [0.05, 0.1) is 27.8 Å². The number of nitro benzene ring substituents is 1. The van der Waals surface area contributed by atoms with E-state index in [9.17, 15) is 19.3 Å². The van der Waals surface area contributed by atoms with Crippen molar-refractivity contribution < 1.29 is 18.8 Å². The van der Waals surface area contributed by atoms with Gasteiger partial charge in [-0.2, -0.15) is 17.0 Å². The number of nitriles is 1. The first-order valence-electron chi connectivity index (χ1n) is 7.67. The molecule has 0 bridgehead atoms. The number of rotatable bonds is 9. The molecule has 0 saturated carbocycles. The SMILES string of the molecule is CSCC(C#N)C(=O)CSc1cc(Oc2ncc(F)cc2Cl)ccc1[N+](=O)[O-]. The summed E-state index contributed by atoms with van der Waals surface area (Å²) in [6.45, 7) is 0. The molecule has 0 aliphatic heterocycles. The minimum absolute atomic E-state index is 0.0586. The number of hydrogen-bond acceptors (Lipinski definition) is 8. The molecular formula is C17H13ClFN3O4S2. The van der Waals surface area contributed by atoms with Crippen LogP contribution in [0.15, 0.2) is 35.4 Å². The van der Waals surface area contributed by atoms with Crippen LogP contribution in [0.2, 0.25) is 5.02 Å². The maximum absolute atomic E-state index is 13.1. The zero-order chi connectivity index (χ0) is 20.7. The number of aromatic nitrogens is 1. The third-order valence-electron chi connectivity index (χ3n) is 3.36. The van der Waals surface area contributed by atoms with E-state index >= 15 is 0 Å². The predicted molar refractivity (Wildman–Crippen MR) is 106 cm³/mol. The van der Waals surface area contributed by atoms with Gasteiger partial charge in [-0.3, -0.25) is 14.9 Å². The number of ketones is 1. The molecule has 11 heteroatoms. The Morgan fingerprint density at radius 1 is 1.50 bits per heavy atom. The number of halogens is 2. The summed E-state index contributed by atoms with van der Waals surface area (Å²) < 4.78 is 18.5. The molecule has 2 aromatic rings. The highest BCUT2D eigenvalue weighted by molar-refractivity contribution is 8.00. The molecule has 0 aliphatic carbocycles. The number of benzene rings is 1. The van der Waals surface area contributed by atoms with Crippen molar-refractivity contribution in [3.63, 3.8) is 0 Å². The smallest absolute Gasteiger partial charge is 0.283 e. The average molecular weight is 442 g/mol. The molecule has 7 nitrogen and oxygen atoms in total. The molecule has 0 fully saturated rings. The van der Waals surface area contributed by atoms with Crippen LogP contribution < -0.4 is 4.74 Å². The summed E-state index contributed by atoms with van der Waals surface area (Å²) in [6, 6.07) is 6.90. The van der Waals surface area contributed by atoms with Crippen LogP contribution in [0.25, 0.3) is 0 Å². The Bertz CT molecular complexity index is 939. The largest absolute Gasteiger partial charge is 0.437 e. The molecule has 1 heterocycles. The van der Waals surface area contributed by atoms with E-state index in [4.69, 9.17) is 21.6 Å². The van der Waals surface area contributed by atoms with Crippen LogP contribution in [-0.4, -0.2) is 33.5 Å². The van der Waals surface area contributed by atoms with Crippen LogP contribution in [0.1, 0.15) is 0 Å². The summed E-state index contributed by atoms with van der Waals surface area (Å²) in [5.41, 5.74) is -0.207. The van der Waals surface area contributed by atoms with E-state index in [1.165, 1.54) is 30.0 Å². The fraction of sp³-hybridized carbons (Fsp3) is 0.235. The van der Waals surface area contributed by atoms with Gasteiger partial charge >= 0.3 is 0 Å². The molecule has 0 aliphatic rings. The first-order chi connectivity index (χ1) is 13.3. The quantitative estimate of drug-likeness (QED) is 0.312. The zero-order valence-electron chi connectivity index (χ0n) is 14.4. The topological polar surface area (TPSA) is 106 Å². The van der Waals surface area contributed by atoms with E-state index in [1.54, 1.807) is 6.26 Å². The lowest BCUT2D eigenvalue weighted by molar-refractivity contribution is -0.387. The number of Topliss-reactive ketones (excluding diaryl/α,β-unsaturated/α-hetero) is 1. The summed E-state index contributed by atoms with van der Waals surface area (Å²) in [6.07, 6.45) is 2.71. The van der Waals surface area contributed by atoms with Gasteiger partial charge in [0.15, 0.2) is 5.78 Å². The van der Waals surface area contributed by atoms with Crippen molar-refractivity contribution in [2.24, 2.45) is 5.92 Å². The van der Waals surface area contributed by atoms with Crippen molar-refractivity contribution in [2.75, 3.05) is 17.8 Å². The van der Waals surface area contributed by atoms with Crippen LogP contribution >= 0.6 is 35.1 Å². The molecule has 1 atom stereocenters. The van der Waals surface area contributed by atoms with Crippen molar-refractivity contribution in [1.29, 1.82) is 5.26 Å². The Balaban J connectivity index is 2.22. The number of carbonyl (C=O) groups excluding carboxylic acids is 1. The van der Waals surface area contributed by atoms with Crippen LogP contribution in [0.5, 0.6) is 11.6 Å². The highest BCUT2D eigenvalue weighted by atomic mass is 35.5. The molecule has 28 heavy (non-hydrogen) atoms. The number of thioether (sulfide) groups is 2. The zero-order valence-corrected chi connectivity index (χ0v) is 16.8. The molecule has 1 aromatic carbocycles. The number of pyridine rings is 1. The van der Waals surface area contributed by atoms with Gasteiger partial charge in [0.1, 0.15) is 22.5 Å². The summed E-state index contributed by atoms with van der Waals surface area (Å²) >= 11 is 8.18. The van der Waals surface area contributed by atoms with E-state index < -0.39 is 16.7 Å². The van der Waals surface area contributed by atoms with Gasteiger partial charge in [0.2, 0.25) is 5.88 Å². The van der Waals surface area contributed by atoms with Gasteiger partial charge in [-0.25, -0.2) is 9.37 Å². The highest BCUT2D eigenvalue weighted by Gasteiger charge is 2.21. The summed E-state index contributed by atoms with van der Waals surface area (Å²) in [7, 11) is 0. The molecule has 1 unspecified atom stereocenters. The van der Waals surface area contributed by atoms with Crippen LogP contribution in [-0.2, 0) is 4.79 Å².